The number of hydrogen-bond donors (Lipinski definition) is 1. The van der Waals surface area contributed by atoms with Gasteiger partial charge in [-0.05, 0) is 18.7 Å². The van der Waals surface area contributed by atoms with Crippen LogP contribution in [-0.4, -0.2) is 16.1 Å². The molecule has 4 heteroatoms. The summed E-state index contributed by atoms with van der Waals surface area (Å²) in [5, 5.41) is 0.725. The zero-order chi connectivity index (χ0) is 11.5. The van der Waals surface area contributed by atoms with E-state index >= 15 is 0 Å². The highest BCUT2D eigenvalue weighted by atomic mass is 35.5. The zero-order valence-electron chi connectivity index (χ0n) is 9.15. The van der Waals surface area contributed by atoms with Crippen molar-refractivity contribution in [1.82, 2.24) is 9.55 Å². The molecule has 1 aromatic heterocycles. The second kappa shape index (κ2) is 4.68. The lowest BCUT2D eigenvalue weighted by Gasteiger charge is -1.96. The number of benzene rings is 1. The van der Waals surface area contributed by atoms with Crippen molar-refractivity contribution in [1.29, 1.82) is 0 Å². The van der Waals surface area contributed by atoms with Crippen molar-refractivity contribution in [3.05, 3.63) is 41.3 Å². The Morgan fingerprint density at radius 3 is 2.94 bits per heavy atom. The van der Waals surface area contributed by atoms with Crippen molar-refractivity contribution in [3.63, 3.8) is 0 Å². The molecule has 0 unspecified atom stereocenters. The topological polar surface area (TPSA) is 43.8 Å². The van der Waals surface area contributed by atoms with E-state index in [1.165, 1.54) is 0 Å². The molecule has 2 N–H and O–H groups in total. The molecule has 2 aromatic rings. The lowest BCUT2D eigenvalue weighted by atomic mass is 10.2. The third-order valence-corrected chi connectivity index (χ3v) is 2.70. The molecular formula is C12H14ClN3. The normalized spacial score (nSPS) is 10.7. The van der Waals surface area contributed by atoms with Crippen LogP contribution in [0.2, 0.25) is 5.02 Å². The van der Waals surface area contributed by atoms with Gasteiger partial charge in [0.25, 0.3) is 0 Å². The van der Waals surface area contributed by atoms with E-state index in [4.69, 9.17) is 17.3 Å². The minimum atomic E-state index is 0.611. The summed E-state index contributed by atoms with van der Waals surface area (Å²) in [6.45, 7) is 0.611. The van der Waals surface area contributed by atoms with E-state index in [0.717, 1.165) is 28.5 Å². The van der Waals surface area contributed by atoms with Crippen LogP contribution in [0, 0.1) is 0 Å². The summed E-state index contributed by atoms with van der Waals surface area (Å²) in [6.07, 6.45) is 2.79. The molecule has 0 radical (unpaired) electrons. The number of nitrogens with two attached hydrogens (primary N) is 1. The van der Waals surface area contributed by atoms with Gasteiger partial charge in [0.05, 0.1) is 5.69 Å². The first-order valence-corrected chi connectivity index (χ1v) is 5.57. The summed E-state index contributed by atoms with van der Waals surface area (Å²) < 4.78 is 2.00. The van der Waals surface area contributed by atoms with Crippen LogP contribution >= 0.6 is 11.6 Å². The Kier molecular flexibility index (Phi) is 3.27. The van der Waals surface area contributed by atoms with Crippen LogP contribution in [0.15, 0.2) is 30.5 Å². The van der Waals surface area contributed by atoms with E-state index in [1.54, 1.807) is 0 Å². The van der Waals surface area contributed by atoms with E-state index in [0.29, 0.717) is 6.54 Å². The average molecular weight is 236 g/mol. The number of nitrogens with zero attached hydrogens (tertiary/aromatic N) is 2. The predicted molar refractivity (Wildman–Crippen MR) is 66.4 cm³/mol. The minimum Gasteiger partial charge on any atom is -0.337 e. The largest absolute Gasteiger partial charge is 0.337 e. The standard InChI is InChI=1S/C12H14ClN3/c1-16-8-11(15-12(16)5-6-14)9-3-2-4-10(13)7-9/h2-4,7-8H,5-6,14H2,1H3. The zero-order valence-corrected chi connectivity index (χ0v) is 9.91. The Labute approximate surface area is 99.9 Å². The summed E-state index contributed by atoms with van der Waals surface area (Å²) >= 11 is 5.95. The van der Waals surface area contributed by atoms with Gasteiger partial charge in [0.1, 0.15) is 5.82 Å². The van der Waals surface area contributed by atoms with E-state index in [9.17, 15) is 0 Å². The summed E-state index contributed by atoms with van der Waals surface area (Å²) in [4.78, 5) is 4.54. The van der Waals surface area contributed by atoms with Crippen LogP contribution in [-0.2, 0) is 13.5 Å². The molecule has 1 aromatic carbocycles. The summed E-state index contributed by atoms with van der Waals surface area (Å²) in [5.74, 6) is 0.998. The molecule has 0 aliphatic carbocycles. The maximum atomic E-state index is 5.95. The van der Waals surface area contributed by atoms with Crippen molar-refractivity contribution in [2.75, 3.05) is 6.54 Å². The van der Waals surface area contributed by atoms with Crippen molar-refractivity contribution in [2.24, 2.45) is 12.8 Å². The fraction of sp³-hybridized carbons (Fsp3) is 0.250. The number of imidazole rings is 1. The van der Waals surface area contributed by atoms with E-state index in [1.807, 2.05) is 42.1 Å². The molecular weight excluding hydrogens is 222 g/mol. The monoisotopic (exact) mass is 235 g/mol. The number of rotatable bonds is 3. The van der Waals surface area contributed by atoms with Gasteiger partial charge in [0.2, 0.25) is 0 Å². The molecule has 84 valence electrons. The number of hydrogen-bond acceptors (Lipinski definition) is 2. The highest BCUT2D eigenvalue weighted by Gasteiger charge is 2.06. The molecule has 0 bridgehead atoms. The van der Waals surface area contributed by atoms with E-state index < -0.39 is 0 Å². The van der Waals surface area contributed by atoms with Gasteiger partial charge in [-0.2, -0.15) is 0 Å². The summed E-state index contributed by atoms with van der Waals surface area (Å²) in [6, 6.07) is 7.69. The quantitative estimate of drug-likeness (QED) is 0.887. The highest BCUT2D eigenvalue weighted by Crippen LogP contribution is 2.21. The van der Waals surface area contributed by atoms with Crippen LogP contribution in [0.5, 0.6) is 0 Å². The van der Waals surface area contributed by atoms with Crippen molar-refractivity contribution >= 4 is 11.6 Å². The lowest BCUT2D eigenvalue weighted by Crippen LogP contribution is -2.07. The molecule has 0 saturated heterocycles. The number of halogens is 1. The first-order chi connectivity index (χ1) is 7.70. The Morgan fingerprint density at radius 1 is 1.44 bits per heavy atom. The van der Waals surface area contributed by atoms with Crippen molar-refractivity contribution in [2.45, 2.75) is 6.42 Å². The fourth-order valence-electron chi connectivity index (χ4n) is 1.65. The number of aryl methyl sites for hydroxylation is 1. The second-order valence-corrected chi connectivity index (χ2v) is 4.14. The molecule has 2 rings (SSSR count). The average Bonchev–Trinajstić information content (AvgIpc) is 2.61. The van der Waals surface area contributed by atoms with Crippen LogP contribution in [0.1, 0.15) is 5.82 Å². The summed E-state index contributed by atoms with van der Waals surface area (Å²) in [7, 11) is 1.98. The smallest absolute Gasteiger partial charge is 0.110 e. The van der Waals surface area contributed by atoms with Gasteiger partial charge in [-0.3, -0.25) is 0 Å². The summed E-state index contributed by atoms with van der Waals surface area (Å²) in [5.41, 5.74) is 7.50. The Balaban J connectivity index is 2.37. The maximum absolute atomic E-state index is 5.95. The van der Waals surface area contributed by atoms with Gasteiger partial charge in [-0.1, -0.05) is 23.7 Å². The molecule has 0 amide bonds. The Bertz CT molecular complexity index is 491. The van der Waals surface area contributed by atoms with Gasteiger partial charge in [0.15, 0.2) is 0 Å². The molecule has 0 fully saturated rings. The van der Waals surface area contributed by atoms with E-state index in [-0.39, 0.29) is 0 Å². The Morgan fingerprint density at radius 2 is 2.25 bits per heavy atom. The minimum absolute atomic E-state index is 0.611. The molecule has 16 heavy (non-hydrogen) atoms. The van der Waals surface area contributed by atoms with Crippen LogP contribution in [0.25, 0.3) is 11.3 Å². The molecule has 0 aliphatic rings. The van der Waals surface area contributed by atoms with Crippen LogP contribution in [0.4, 0.5) is 0 Å². The Hall–Kier alpha value is -1.32. The van der Waals surface area contributed by atoms with Gasteiger partial charge in [-0.25, -0.2) is 4.98 Å². The number of aromatic nitrogens is 2. The molecule has 3 nitrogen and oxygen atoms in total. The second-order valence-electron chi connectivity index (χ2n) is 3.70. The predicted octanol–water partition coefficient (Wildman–Crippen LogP) is 2.24. The maximum Gasteiger partial charge on any atom is 0.110 e. The van der Waals surface area contributed by atoms with Gasteiger partial charge >= 0.3 is 0 Å². The third kappa shape index (κ3) is 2.26. The third-order valence-electron chi connectivity index (χ3n) is 2.46. The molecule has 0 saturated carbocycles. The first kappa shape index (κ1) is 11.2. The van der Waals surface area contributed by atoms with Crippen molar-refractivity contribution in [3.8, 4) is 11.3 Å². The first-order valence-electron chi connectivity index (χ1n) is 5.19. The molecule has 0 aliphatic heterocycles. The van der Waals surface area contributed by atoms with Crippen molar-refractivity contribution < 1.29 is 0 Å². The van der Waals surface area contributed by atoms with E-state index in [2.05, 4.69) is 4.98 Å². The molecule has 1 heterocycles. The van der Waals surface area contributed by atoms with Gasteiger partial charge in [0, 0.05) is 30.3 Å². The van der Waals surface area contributed by atoms with Gasteiger partial charge < -0.3 is 10.3 Å². The SMILES string of the molecule is Cn1cc(-c2cccc(Cl)c2)nc1CCN. The van der Waals surface area contributed by atoms with Gasteiger partial charge in [-0.15, -0.1) is 0 Å². The lowest BCUT2D eigenvalue weighted by molar-refractivity contribution is 0.778. The fourth-order valence-corrected chi connectivity index (χ4v) is 1.84. The van der Waals surface area contributed by atoms with Crippen LogP contribution in [0.3, 0.4) is 0 Å². The highest BCUT2D eigenvalue weighted by molar-refractivity contribution is 6.30. The molecule has 0 spiro atoms. The van der Waals surface area contributed by atoms with Crippen LogP contribution < -0.4 is 5.73 Å². The molecule has 0 atom stereocenters.